The summed E-state index contributed by atoms with van der Waals surface area (Å²) in [7, 11) is -3.80. The first-order chi connectivity index (χ1) is 13.9. The van der Waals surface area contributed by atoms with Crippen LogP contribution in [0.3, 0.4) is 0 Å². The summed E-state index contributed by atoms with van der Waals surface area (Å²) < 4.78 is 41.9. The molecule has 0 fully saturated rings. The second-order valence-electron chi connectivity index (χ2n) is 6.44. The predicted octanol–water partition coefficient (Wildman–Crippen LogP) is 2.57. The van der Waals surface area contributed by atoms with E-state index in [-0.39, 0.29) is 17.2 Å². The molecule has 2 aromatic carbocycles. The standard InChI is InChI=1S/C20H21FN4O3S/c21-17-4-8-19(9-5-17)29(27,28)24-18-6-2-16(3-7-18)14-20(26)23-10-1-12-25-13-11-22-15-25/h2-9,11,13,15,24H,1,10,12,14H2,(H,23,26). The molecular formula is C20H21FN4O3S. The van der Waals surface area contributed by atoms with E-state index in [2.05, 4.69) is 15.0 Å². The summed E-state index contributed by atoms with van der Waals surface area (Å²) in [5.74, 6) is -0.608. The second kappa shape index (κ2) is 9.33. The van der Waals surface area contributed by atoms with Crippen molar-refractivity contribution in [3.05, 3.63) is 78.6 Å². The van der Waals surface area contributed by atoms with Gasteiger partial charge in [0, 0.05) is 31.2 Å². The van der Waals surface area contributed by atoms with E-state index in [1.807, 2.05) is 10.8 Å². The molecule has 0 aliphatic heterocycles. The predicted molar refractivity (Wildman–Crippen MR) is 107 cm³/mol. The Labute approximate surface area is 168 Å². The van der Waals surface area contributed by atoms with E-state index >= 15 is 0 Å². The molecule has 0 bridgehead atoms. The lowest BCUT2D eigenvalue weighted by atomic mass is 10.1. The lowest BCUT2D eigenvalue weighted by Gasteiger charge is -2.09. The number of hydrogen-bond donors (Lipinski definition) is 2. The van der Waals surface area contributed by atoms with Crippen molar-refractivity contribution in [3.63, 3.8) is 0 Å². The van der Waals surface area contributed by atoms with Crippen molar-refractivity contribution in [2.24, 2.45) is 0 Å². The highest BCUT2D eigenvalue weighted by Gasteiger charge is 2.14. The normalized spacial score (nSPS) is 11.2. The molecule has 0 radical (unpaired) electrons. The van der Waals surface area contributed by atoms with Gasteiger partial charge in [0.1, 0.15) is 5.82 Å². The topological polar surface area (TPSA) is 93.1 Å². The molecule has 0 atom stereocenters. The van der Waals surface area contributed by atoms with Gasteiger partial charge < -0.3 is 9.88 Å². The molecule has 1 amide bonds. The van der Waals surface area contributed by atoms with Crippen LogP contribution in [0.4, 0.5) is 10.1 Å². The number of anilines is 1. The average Bonchev–Trinajstić information content (AvgIpc) is 3.20. The summed E-state index contributed by atoms with van der Waals surface area (Å²) in [6.07, 6.45) is 6.31. The number of imidazole rings is 1. The number of hydrogen-bond acceptors (Lipinski definition) is 4. The minimum Gasteiger partial charge on any atom is -0.356 e. The summed E-state index contributed by atoms with van der Waals surface area (Å²) >= 11 is 0. The van der Waals surface area contributed by atoms with Crippen molar-refractivity contribution < 1.29 is 17.6 Å². The summed E-state index contributed by atoms with van der Waals surface area (Å²) in [5, 5.41) is 2.86. The molecule has 0 saturated carbocycles. The minimum absolute atomic E-state index is 0.0296. The van der Waals surface area contributed by atoms with E-state index in [1.54, 1.807) is 36.8 Å². The molecule has 152 valence electrons. The molecule has 3 aromatic rings. The molecule has 0 unspecified atom stereocenters. The van der Waals surface area contributed by atoms with Crippen LogP contribution in [-0.2, 0) is 27.8 Å². The van der Waals surface area contributed by atoms with Crippen molar-refractivity contribution in [2.45, 2.75) is 24.3 Å². The van der Waals surface area contributed by atoms with Gasteiger partial charge in [-0.05, 0) is 48.4 Å². The Morgan fingerprint density at radius 1 is 1.07 bits per heavy atom. The Hall–Kier alpha value is -3.20. The van der Waals surface area contributed by atoms with Crippen molar-refractivity contribution in [1.82, 2.24) is 14.9 Å². The average molecular weight is 416 g/mol. The van der Waals surface area contributed by atoms with Gasteiger partial charge in [-0.25, -0.2) is 17.8 Å². The zero-order valence-corrected chi connectivity index (χ0v) is 16.4. The van der Waals surface area contributed by atoms with Gasteiger partial charge in [-0.15, -0.1) is 0 Å². The number of nitrogens with zero attached hydrogens (tertiary/aromatic N) is 2. The fourth-order valence-corrected chi connectivity index (χ4v) is 3.73. The molecule has 0 aliphatic rings. The number of sulfonamides is 1. The van der Waals surface area contributed by atoms with E-state index in [9.17, 15) is 17.6 Å². The van der Waals surface area contributed by atoms with Crippen molar-refractivity contribution in [2.75, 3.05) is 11.3 Å². The first-order valence-corrected chi connectivity index (χ1v) is 10.5. The van der Waals surface area contributed by atoms with Gasteiger partial charge in [0.15, 0.2) is 0 Å². The summed E-state index contributed by atoms with van der Waals surface area (Å²) in [6, 6.07) is 11.1. The largest absolute Gasteiger partial charge is 0.356 e. The minimum atomic E-state index is -3.80. The molecule has 0 aliphatic carbocycles. The van der Waals surface area contributed by atoms with Crippen LogP contribution in [0.25, 0.3) is 0 Å². The number of carbonyl (C=O) groups is 1. The fourth-order valence-electron chi connectivity index (χ4n) is 2.67. The summed E-state index contributed by atoms with van der Waals surface area (Å²) in [5.41, 5.74) is 1.13. The molecule has 0 spiro atoms. The number of aromatic nitrogens is 2. The van der Waals surface area contributed by atoms with E-state index in [4.69, 9.17) is 0 Å². The van der Waals surface area contributed by atoms with Gasteiger partial charge in [0.25, 0.3) is 10.0 Å². The van der Waals surface area contributed by atoms with Gasteiger partial charge in [0.05, 0.1) is 17.6 Å². The van der Waals surface area contributed by atoms with Gasteiger partial charge >= 0.3 is 0 Å². The molecule has 1 aromatic heterocycles. The molecule has 2 N–H and O–H groups in total. The van der Waals surface area contributed by atoms with Crippen LogP contribution in [0.2, 0.25) is 0 Å². The Kier molecular flexibility index (Phi) is 6.61. The highest BCUT2D eigenvalue weighted by molar-refractivity contribution is 7.92. The van der Waals surface area contributed by atoms with Gasteiger partial charge in [-0.1, -0.05) is 12.1 Å². The maximum Gasteiger partial charge on any atom is 0.261 e. The zero-order chi connectivity index (χ0) is 20.7. The Morgan fingerprint density at radius 3 is 2.45 bits per heavy atom. The van der Waals surface area contributed by atoms with E-state index in [1.165, 1.54) is 12.1 Å². The number of halogens is 1. The highest BCUT2D eigenvalue weighted by Crippen LogP contribution is 2.17. The quantitative estimate of drug-likeness (QED) is 0.525. The van der Waals surface area contributed by atoms with E-state index < -0.39 is 15.8 Å². The first-order valence-electron chi connectivity index (χ1n) is 9.02. The fraction of sp³-hybridized carbons (Fsp3) is 0.200. The first kappa shape index (κ1) is 20.5. The molecule has 29 heavy (non-hydrogen) atoms. The van der Waals surface area contributed by atoms with Gasteiger partial charge in [-0.3, -0.25) is 9.52 Å². The van der Waals surface area contributed by atoms with Crippen molar-refractivity contribution in [1.29, 1.82) is 0 Å². The lowest BCUT2D eigenvalue weighted by Crippen LogP contribution is -2.26. The van der Waals surface area contributed by atoms with Crippen LogP contribution in [0.15, 0.2) is 72.1 Å². The molecule has 1 heterocycles. The Bertz CT molecular complexity index is 1030. The second-order valence-corrected chi connectivity index (χ2v) is 8.12. The van der Waals surface area contributed by atoms with Gasteiger partial charge in [-0.2, -0.15) is 0 Å². The maximum atomic E-state index is 13.0. The molecule has 7 nitrogen and oxygen atoms in total. The molecule has 3 rings (SSSR count). The van der Waals surface area contributed by atoms with Crippen LogP contribution in [-0.4, -0.2) is 30.4 Å². The van der Waals surface area contributed by atoms with Crippen LogP contribution >= 0.6 is 0 Å². The number of aryl methyl sites for hydroxylation is 1. The smallest absolute Gasteiger partial charge is 0.261 e. The molecular weight excluding hydrogens is 395 g/mol. The van der Waals surface area contributed by atoms with Crippen LogP contribution in [0.1, 0.15) is 12.0 Å². The van der Waals surface area contributed by atoms with E-state index in [0.29, 0.717) is 12.2 Å². The maximum absolute atomic E-state index is 13.0. The Morgan fingerprint density at radius 2 is 1.79 bits per heavy atom. The van der Waals surface area contributed by atoms with Gasteiger partial charge in [0.2, 0.25) is 5.91 Å². The summed E-state index contributed by atoms with van der Waals surface area (Å²) in [4.78, 5) is 16.0. The lowest BCUT2D eigenvalue weighted by molar-refractivity contribution is -0.120. The van der Waals surface area contributed by atoms with Crippen molar-refractivity contribution in [3.8, 4) is 0 Å². The number of carbonyl (C=O) groups excluding carboxylic acids is 1. The van der Waals surface area contributed by atoms with E-state index in [0.717, 1.165) is 30.7 Å². The molecule has 0 saturated heterocycles. The number of amides is 1. The number of nitrogens with one attached hydrogen (secondary N) is 2. The van der Waals surface area contributed by atoms with Crippen molar-refractivity contribution >= 4 is 21.6 Å². The van der Waals surface area contributed by atoms with Crippen LogP contribution in [0.5, 0.6) is 0 Å². The zero-order valence-electron chi connectivity index (χ0n) is 15.6. The third kappa shape index (κ3) is 6.15. The highest BCUT2D eigenvalue weighted by atomic mass is 32.2. The Balaban J connectivity index is 1.48. The SMILES string of the molecule is O=C(Cc1ccc(NS(=O)(=O)c2ccc(F)cc2)cc1)NCCCn1ccnc1. The third-order valence-electron chi connectivity index (χ3n) is 4.17. The third-order valence-corrected chi connectivity index (χ3v) is 5.57. The van der Waals surface area contributed by atoms with Crippen LogP contribution in [0, 0.1) is 5.82 Å². The number of benzene rings is 2. The monoisotopic (exact) mass is 416 g/mol. The summed E-state index contributed by atoms with van der Waals surface area (Å²) in [6.45, 7) is 1.34. The van der Waals surface area contributed by atoms with Crippen LogP contribution < -0.4 is 10.0 Å². The molecule has 9 heteroatoms. The number of rotatable bonds is 9.